The molecule has 3 aromatic heterocycles. The van der Waals surface area contributed by atoms with Gasteiger partial charge in [-0.2, -0.15) is 14.6 Å². The summed E-state index contributed by atoms with van der Waals surface area (Å²) < 4.78 is 3.26. The number of hydrogen-bond donors (Lipinski definition) is 1. The van der Waals surface area contributed by atoms with Gasteiger partial charge in [0.2, 0.25) is 0 Å². The Morgan fingerprint density at radius 3 is 3.00 bits per heavy atom. The number of aromatic nitrogens is 6. The minimum Gasteiger partial charge on any atom is -0.382 e. The number of aryl methyl sites for hydroxylation is 1. The summed E-state index contributed by atoms with van der Waals surface area (Å²) in [7, 11) is 0. The maximum Gasteiger partial charge on any atom is 0.254 e. The molecule has 3 rings (SSSR count). The van der Waals surface area contributed by atoms with Gasteiger partial charge in [-0.15, -0.1) is 5.10 Å². The summed E-state index contributed by atoms with van der Waals surface area (Å²) in [6.07, 6.45) is 3.23. The minimum atomic E-state index is 0.461. The zero-order valence-corrected chi connectivity index (χ0v) is 8.57. The number of nitrogens with zero attached hydrogens (tertiary/aromatic N) is 6. The molecule has 0 spiro atoms. The van der Waals surface area contributed by atoms with Gasteiger partial charge in [0.25, 0.3) is 5.78 Å². The first-order valence-electron chi connectivity index (χ1n) is 4.73. The Morgan fingerprint density at radius 1 is 1.38 bits per heavy atom. The van der Waals surface area contributed by atoms with Gasteiger partial charge in [-0.3, -0.25) is 0 Å². The van der Waals surface area contributed by atoms with Gasteiger partial charge in [0.1, 0.15) is 12.1 Å². The third-order valence-electron chi connectivity index (χ3n) is 2.21. The Bertz CT molecular complexity index is 651. The maximum atomic E-state index is 5.58. The number of rotatable bonds is 1. The lowest BCUT2D eigenvalue weighted by atomic mass is 10.4. The van der Waals surface area contributed by atoms with E-state index in [1.54, 1.807) is 21.5 Å². The van der Waals surface area contributed by atoms with Crippen LogP contribution in [0.4, 0.5) is 5.82 Å². The molecule has 0 aliphatic rings. The molecule has 2 N–H and O–H groups in total. The van der Waals surface area contributed by atoms with Crippen molar-refractivity contribution < 1.29 is 0 Å². The summed E-state index contributed by atoms with van der Waals surface area (Å²) in [5.41, 5.74) is 6.43. The largest absolute Gasteiger partial charge is 0.382 e. The van der Waals surface area contributed by atoms with Crippen molar-refractivity contribution in [3.8, 4) is 5.82 Å². The highest BCUT2D eigenvalue weighted by Crippen LogP contribution is 2.10. The zero-order valence-electron chi connectivity index (χ0n) is 8.57. The molecule has 16 heavy (non-hydrogen) atoms. The number of anilines is 1. The molecule has 0 aromatic carbocycles. The molecule has 0 radical (unpaired) electrons. The summed E-state index contributed by atoms with van der Waals surface area (Å²) in [5, 5.41) is 8.22. The van der Waals surface area contributed by atoms with Gasteiger partial charge < -0.3 is 5.73 Å². The monoisotopic (exact) mass is 215 g/mol. The van der Waals surface area contributed by atoms with E-state index >= 15 is 0 Å². The Hall–Kier alpha value is -2.44. The summed E-state index contributed by atoms with van der Waals surface area (Å²) in [6.45, 7) is 1.89. The van der Waals surface area contributed by atoms with E-state index in [4.69, 9.17) is 5.73 Å². The van der Waals surface area contributed by atoms with Crippen molar-refractivity contribution in [3.63, 3.8) is 0 Å². The molecule has 0 unspecified atom stereocenters. The lowest BCUT2D eigenvalue weighted by Gasteiger charge is -2.04. The van der Waals surface area contributed by atoms with Crippen molar-refractivity contribution in [1.29, 1.82) is 0 Å². The second kappa shape index (κ2) is 3.02. The van der Waals surface area contributed by atoms with Crippen LogP contribution in [0.1, 0.15) is 5.69 Å². The van der Waals surface area contributed by atoms with E-state index in [0.29, 0.717) is 11.6 Å². The highest BCUT2D eigenvalue weighted by Gasteiger charge is 2.07. The topological polar surface area (TPSA) is 86.9 Å². The van der Waals surface area contributed by atoms with Crippen LogP contribution in [0, 0.1) is 6.92 Å². The van der Waals surface area contributed by atoms with E-state index in [0.717, 1.165) is 11.5 Å². The average Bonchev–Trinajstić information content (AvgIpc) is 2.84. The Labute approximate surface area is 90.5 Å². The SMILES string of the molecule is Cc1cc(-n2ccc(N)n2)n2ncnc2n1. The molecule has 0 atom stereocenters. The lowest BCUT2D eigenvalue weighted by molar-refractivity contribution is 0.780. The molecule has 0 bridgehead atoms. The molecule has 0 saturated heterocycles. The van der Waals surface area contributed by atoms with E-state index < -0.39 is 0 Å². The third-order valence-corrected chi connectivity index (χ3v) is 2.21. The number of nitrogen functional groups attached to an aromatic ring is 1. The van der Waals surface area contributed by atoms with Crippen LogP contribution in [0.3, 0.4) is 0 Å². The first-order chi connectivity index (χ1) is 7.74. The molecular weight excluding hydrogens is 206 g/mol. The van der Waals surface area contributed by atoms with E-state index in [-0.39, 0.29) is 0 Å². The van der Waals surface area contributed by atoms with Gasteiger partial charge in [-0.1, -0.05) is 0 Å². The van der Waals surface area contributed by atoms with Crippen LogP contribution < -0.4 is 5.73 Å². The average molecular weight is 215 g/mol. The fraction of sp³-hybridized carbons (Fsp3) is 0.111. The number of hydrogen-bond acceptors (Lipinski definition) is 5. The highest BCUT2D eigenvalue weighted by molar-refractivity contribution is 5.38. The predicted molar refractivity (Wildman–Crippen MR) is 57.1 cm³/mol. The lowest BCUT2D eigenvalue weighted by Crippen LogP contribution is -2.06. The van der Waals surface area contributed by atoms with Crippen molar-refractivity contribution in [2.24, 2.45) is 0 Å². The predicted octanol–water partition coefficient (Wildman–Crippen LogP) is 0.201. The first kappa shape index (κ1) is 8.84. The van der Waals surface area contributed by atoms with Gasteiger partial charge in [0, 0.05) is 24.0 Å². The zero-order chi connectivity index (χ0) is 11.1. The summed E-state index contributed by atoms with van der Waals surface area (Å²) >= 11 is 0. The van der Waals surface area contributed by atoms with Gasteiger partial charge >= 0.3 is 0 Å². The van der Waals surface area contributed by atoms with E-state index in [1.807, 2.05) is 13.0 Å². The van der Waals surface area contributed by atoms with Crippen LogP contribution in [-0.2, 0) is 0 Å². The van der Waals surface area contributed by atoms with Crippen LogP contribution in [0.2, 0.25) is 0 Å². The van der Waals surface area contributed by atoms with Crippen LogP contribution >= 0.6 is 0 Å². The first-order valence-corrected chi connectivity index (χ1v) is 4.73. The molecule has 7 nitrogen and oxygen atoms in total. The van der Waals surface area contributed by atoms with E-state index in [9.17, 15) is 0 Å². The number of nitrogens with two attached hydrogens (primary N) is 1. The normalized spacial score (nSPS) is 11.1. The van der Waals surface area contributed by atoms with Crippen molar-refractivity contribution in [2.45, 2.75) is 6.92 Å². The summed E-state index contributed by atoms with van der Waals surface area (Å²) in [4.78, 5) is 8.29. The van der Waals surface area contributed by atoms with Crippen LogP contribution in [0.5, 0.6) is 0 Å². The van der Waals surface area contributed by atoms with Crippen LogP contribution in [0.25, 0.3) is 11.6 Å². The molecular formula is C9H9N7. The van der Waals surface area contributed by atoms with E-state index in [2.05, 4.69) is 20.2 Å². The Balaban J connectivity index is 2.33. The van der Waals surface area contributed by atoms with E-state index in [1.165, 1.54) is 6.33 Å². The molecule has 3 heterocycles. The number of fused-ring (bicyclic) bond motifs is 1. The summed E-state index contributed by atoms with van der Waals surface area (Å²) in [6, 6.07) is 3.59. The van der Waals surface area contributed by atoms with Gasteiger partial charge in [0.15, 0.2) is 5.82 Å². The Morgan fingerprint density at radius 2 is 2.25 bits per heavy atom. The highest BCUT2D eigenvalue weighted by atomic mass is 15.4. The third kappa shape index (κ3) is 1.22. The van der Waals surface area contributed by atoms with Crippen LogP contribution in [-0.4, -0.2) is 29.4 Å². The fourth-order valence-corrected chi connectivity index (χ4v) is 1.54. The fourth-order valence-electron chi connectivity index (χ4n) is 1.54. The van der Waals surface area contributed by atoms with Gasteiger partial charge in [-0.25, -0.2) is 9.67 Å². The van der Waals surface area contributed by atoms with Crippen molar-refractivity contribution in [1.82, 2.24) is 29.4 Å². The molecule has 0 aliphatic carbocycles. The van der Waals surface area contributed by atoms with Gasteiger partial charge in [-0.05, 0) is 6.92 Å². The molecule has 0 fully saturated rings. The second-order valence-electron chi connectivity index (χ2n) is 3.41. The standard InChI is InChI=1S/C9H9N7/c1-6-4-8(15-3-2-7(10)14-15)16-9(13-6)11-5-12-16/h2-5H,1H3,(H2,10,14). The molecule has 80 valence electrons. The van der Waals surface area contributed by atoms with Gasteiger partial charge in [0.05, 0.1) is 0 Å². The van der Waals surface area contributed by atoms with Crippen LogP contribution in [0.15, 0.2) is 24.7 Å². The molecule has 7 heteroatoms. The van der Waals surface area contributed by atoms with Crippen molar-refractivity contribution >= 4 is 11.6 Å². The molecule has 0 saturated carbocycles. The summed E-state index contributed by atoms with van der Waals surface area (Å²) in [5.74, 6) is 1.77. The molecule has 0 amide bonds. The second-order valence-corrected chi connectivity index (χ2v) is 3.41. The Kier molecular flexibility index (Phi) is 1.67. The van der Waals surface area contributed by atoms with Crippen molar-refractivity contribution in [2.75, 3.05) is 5.73 Å². The minimum absolute atomic E-state index is 0.461. The molecule has 0 aliphatic heterocycles. The maximum absolute atomic E-state index is 5.58. The quantitative estimate of drug-likeness (QED) is 0.626. The van der Waals surface area contributed by atoms with Crippen molar-refractivity contribution in [3.05, 3.63) is 30.4 Å². The smallest absolute Gasteiger partial charge is 0.254 e. The molecule has 3 aromatic rings.